The molecule has 1 rings (SSSR count). The summed E-state index contributed by atoms with van der Waals surface area (Å²) in [5.41, 5.74) is 0.540. The molecular formula is C11H12BrClO2. The Morgan fingerprint density at radius 2 is 1.93 bits per heavy atom. The molecule has 1 aromatic carbocycles. The minimum absolute atomic E-state index is 0.291. The van der Waals surface area contributed by atoms with Crippen molar-refractivity contribution in [3.8, 4) is 0 Å². The van der Waals surface area contributed by atoms with Crippen molar-refractivity contribution in [2.45, 2.75) is 12.8 Å². The van der Waals surface area contributed by atoms with Crippen molar-refractivity contribution in [3.63, 3.8) is 0 Å². The highest BCUT2D eigenvalue weighted by Crippen LogP contribution is 2.10. The Morgan fingerprint density at radius 1 is 1.27 bits per heavy atom. The monoisotopic (exact) mass is 290 g/mol. The largest absolute Gasteiger partial charge is 0.462 e. The van der Waals surface area contributed by atoms with E-state index < -0.39 is 0 Å². The van der Waals surface area contributed by atoms with Crippen LogP contribution in [0.4, 0.5) is 0 Å². The molecule has 0 bridgehead atoms. The van der Waals surface area contributed by atoms with Gasteiger partial charge in [-0.1, -0.05) is 27.5 Å². The molecule has 15 heavy (non-hydrogen) atoms. The Morgan fingerprint density at radius 3 is 2.53 bits per heavy atom. The topological polar surface area (TPSA) is 26.3 Å². The van der Waals surface area contributed by atoms with E-state index in [4.69, 9.17) is 16.3 Å². The van der Waals surface area contributed by atoms with Crippen LogP contribution in [0, 0.1) is 0 Å². The number of halogens is 2. The lowest BCUT2D eigenvalue weighted by Gasteiger charge is -2.03. The lowest BCUT2D eigenvalue weighted by molar-refractivity contribution is 0.0500. The van der Waals surface area contributed by atoms with E-state index in [1.807, 2.05) is 0 Å². The van der Waals surface area contributed by atoms with Gasteiger partial charge in [0.2, 0.25) is 0 Å². The fourth-order valence-electron chi connectivity index (χ4n) is 1.03. The van der Waals surface area contributed by atoms with E-state index in [9.17, 15) is 4.79 Å². The first-order valence-corrected chi connectivity index (χ1v) is 6.22. The normalized spacial score (nSPS) is 10.0. The van der Waals surface area contributed by atoms with Crippen LogP contribution in [-0.2, 0) is 4.74 Å². The molecule has 4 heteroatoms. The fraction of sp³-hybridized carbons (Fsp3) is 0.364. The molecule has 0 aromatic heterocycles. The maximum absolute atomic E-state index is 11.4. The van der Waals surface area contributed by atoms with E-state index >= 15 is 0 Å². The second-order valence-electron chi connectivity index (χ2n) is 3.04. The van der Waals surface area contributed by atoms with Gasteiger partial charge >= 0.3 is 5.97 Å². The molecule has 0 aliphatic heterocycles. The number of alkyl halides is 1. The molecule has 0 spiro atoms. The van der Waals surface area contributed by atoms with Crippen LogP contribution in [-0.4, -0.2) is 17.9 Å². The lowest BCUT2D eigenvalue weighted by atomic mass is 10.2. The van der Waals surface area contributed by atoms with Crippen molar-refractivity contribution in [3.05, 3.63) is 34.9 Å². The molecule has 82 valence electrons. The number of rotatable bonds is 5. The molecule has 0 saturated heterocycles. The Labute approximate surface area is 103 Å². The van der Waals surface area contributed by atoms with E-state index in [1.165, 1.54) is 0 Å². The molecule has 0 N–H and O–H groups in total. The highest BCUT2D eigenvalue weighted by atomic mass is 79.9. The molecule has 1 aromatic rings. The van der Waals surface area contributed by atoms with E-state index in [0.29, 0.717) is 17.2 Å². The van der Waals surface area contributed by atoms with Gasteiger partial charge in [0.25, 0.3) is 0 Å². The summed E-state index contributed by atoms with van der Waals surface area (Å²) >= 11 is 9.02. The minimum atomic E-state index is -0.291. The zero-order valence-corrected chi connectivity index (χ0v) is 10.6. The van der Waals surface area contributed by atoms with Gasteiger partial charge in [0.05, 0.1) is 12.2 Å². The zero-order valence-electron chi connectivity index (χ0n) is 8.21. The van der Waals surface area contributed by atoms with Crippen molar-refractivity contribution in [2.24, 2.45) is 0 Å². The van der Waals surface area contributed by atoms with Gasteiger partial charge in [-0.2, -0.15) is 0 Å². The number of benzene rings is 1. The van der Waals surface area contributed by atoms with Crippen LogP contribution in [0.1, 0.15) is 23.2 Å². The van der Waals surface area contributed by atoms with Crippen molar-refractivity contribution < 1.29 is 9.53 Å². The molecule has 0 heterocycles. The fourth-order valence-corrected chi connectivity index (χ4v) is 1.55. The van der Waals surface area contributed by atoms with Crippen LogP contribution >= 0.6 is 27.5 Å². The van der Waals surface area contributed by atoms with Crippen molar-refractivity contribution >= 4 is 33.5 Å². The Hall–Kier alpha value is -0.540. The molecular weight excluding hydrogens is 279 g/mol. The lowest BCUT2D eigenvalue weighted by Crippen LogP contribution is -2.06. The van der Waals surface area contributed by atoms with E-state index in [0.717, 1.165) is 18.2 Å². The molecule has 2 nitrogen and oxygen atoms in total. The van der Waals surface area contributed by atoms with Gasteiger partial charge < -0.3 is 4.74 Å². The summed E-state index contributed by atoms with van der Waals surface area (Å²) in [7, 11) is 0. The van der Waals surface area contributed by atoms with Crippen molar-refractivity contribution in [1.82, 2.24) is 0 Å². The number of unbranched alkanes of at least 4 members (excludes halogenated alkanes) is 1. The van der Waals surface area contributed by atoms with E-state index in [-0.39, 0.29) is 5.97 Å². The van der Waals surface area contributed by atoms with Gasteiger partial charge in [0.15, 0.2) is 0 Å². The number of carbonyl (C=O) groups is 1. The molecule has 0 unspecified atom stereocenters. The summed E-state index contributed by atoms with van der Waals surface area (Å²) in [6.07, 6.45) is 1.89. The molecule has 0 fully saturated rings. The third kappa shape index (κ3) is 4.67. The Bertz CT molecular complexity index is 311. The maximum atomic E-state index is 11.4. The number of ether oxygens (including phenoxy) is 1. The minimum Gasteiger partial charge on any atom is -0.462 e. The van der Waals surface area contributed by atoms with Crippen LogP contribution < -0.4 is 0 Å². The van der Waals surface area contributed by atoms with Gasteiger partial charge in [-0.3, -0.25) is 0 Å². The van der Waals surface area contributed by atoms with Gasteiger partial charge in [-0.25, -0.2) is 4.79 Å². The third-order valence-electron chi connectivity index (χ3n) is 1.84. The quantitative estimate of drug-likeness (QED) is 0.470. The second kappa shape index (κ2) is 6.85. The van der Waals surface area contributed by atoms with Gasteiger partial charge in [0, 0.05) is 10.4 Å². The molecule has 0 radical (unpaired) electrons. The molecule has 0 aliphatic carbocycles. The number of hydrogen-bond acceptors (Lipinski definition) is 2. The summed E-state index contributed by atoms with van der Waals surface area (Å²) in [5, 5.41) is 1.55. The molecule has 0 atom stereocenters. The highest BCUT2D eigenvalue weighted by Gasteiger charge is 2.05. The van der Waals surface area contributed by atoms with E-state index in [1.54, 1.807) is 24.3 Å². The molecule has 0 amide bonds. The van der Waals surface area contributed by atoms with Crippen LogP contribution in [0.5, 0.6) is 0 Å². The van der Waals surface area contributed by atoms with Crippen LogP contribution in [0.15, 0.2) is 24.3 Å². The van der Waals surface area contributed by atoms with Gasteiger partial charge in [0.1, 0.15) is 0 Å². The highest BCUT2D eigenvalue weighted by molar-refractivity contribution is 9.09. The van der Waals surface area contributed by atoms with Crippen LogP contribution in [0.2, 0.25) is 5.02 Å². The zero-order chi connectivity index (χ0) is 11.1. The molecule has 0 saturated carbocycles. The first kappa shape index (κ1) is 12.5. The van der Waals surface area contributed by atoms with E-state index in [2.05, 4.69) is 15.9 Å². The summed E-state index contributed by atoms with van der Waals surface area (Å²) in [4.78, 5) is 11.4. The van der Waals surface area contributed by atoms with Crippen molar-refractivity contribution in [1.29, 1.82) is 0 Å². The SMILES string of the molecule is O=C(OCCCCBr)c1ccc(Cl)cc1. The van der Waals surface area contributed by atoms with Gasteiger partial charge in [-0.15, -0.1) is 0 Å². The molecule has 0 aliphatic rings. The average molecular weight is 292 g/mol. The smallest absolute Gasteiger partial charge is 0.338 e. The van der Waals surface area contributed by atoms with Gasteiger partial charge in [-0.05, 0) is 37.1 Å². The standard InChI is InChI=1S/C11H12BrClO2/c12-7-1-2-8-15-11(14)9-3-5-10(13)6-4-9/h3-6H,1-2,7-8H2. The summed E-state index contributed by atoms with van der Waals surface area (Å²) in [6.45, 7) is 0.465. The first-order valence-electron chi connectivity index (χ1n) is 4.72. The predicted molar refractivity (Wildman–Crippen MR) is 64.8 cm³/mol. The maximum Gasteiger partial charge on any atom is 0.338 e. The van der Waals surface area contributed by atoms with Crippen LogP contribution in [0.25, 0.3) is 0 Å². The van der Waals surface area contributed by atoms with Crippen LogP contribution in [0.3, 0.4) is 0 Å². The second-order valence-corrected chi connectivity index (χ2v) is 4.27. The number of hydrogen-bond donors (Lipinski definition) is 0. The number of carbonyl (C=O) groups excluding carboxylic acids is 1. The third-order valence-corrected chi connectivity index (χ3v) is 2.65. The first-order chi connectivity index (χ1) is 7.24. The Balaban J connectivity index is 2.37. The number of esters is 1. The Kier molecular flexibility index (Phi) is 5.73. The average Bonchev–Trinajstić information content (AvgIpc) is 2.25. The summed E-state index contributed by atoms with van der Waals surface area (Å²) in [5.74, 6) is -0.291. The van der Waals surface area contributed by atoms with Crippen molar-refractivity contribution in [2.75, 3.05) is 11.9 Å². The predicted octanol–water partition coefficient (Wildman–Crippen LogP) is 3.67. The summed E-state index contributed by atoms with van der Waals surface area (Å²) in [6, 6.07) is 6.68. The summed E-state index contributed by atoms with van der Waals surface area (Å²) < 4.78 is 5.07.